The minimum atomic E-state index is -0.495. The normalized spacial score (nSPS) is 22.9. The van der Waals surface area contributed by atoms with Crippen molar-refractivity contribution in [1.29, 1.82) is 0 Å². The Bertz CT molecular complexity index is 944. The summed E-state index contributed by atoms with van der Waals surface area (Å²) < 4.78 is 5.99. The Labute approximate surface area is 207 Å². The largest absolute Gasteiger partial charge is 0.394 e. The summed E-state index contributed by atoms with van der Waals surface area (Å²) in [6.07, 6.45) is 4.94. The molecule has 3 N–H and O–H groups in total. The number of benzene rings is 2. The Morgan fingerprint density at radius 2 is 1.63 bits per heavy atom. The summed E-state index contributed by atoms with van der Waals surface area (Å²) in [6, 6.07) is 17.6. The molecule has 3 atom stereocenters. The van der Waals surface area contributed by atoms with Crippen LogP contribution in [-0.2, 0) is 14.3 Å². The number of piperidine rings is 1. The molecule has 4 rings (SSSR count). The van der Waals surface area contributed by atoms with Gasteiger partial charge >= 0.3 is 0 Å². The second-order valence-corrected chi connectivity index (χ2v) is 9.58. The molecule has 0 saturated carbocycles. The zero-order valence-electron chi connectivity index (χ0n) is 20.3. The standard InChI is InChI=1S/C28H37N3O4/c32-20-26-25(30-27(33)15-18-31-16-5-2-6-17-31)14-13-24(35-26)19-28(34)29-23-11-9-22(10-12-23)21-7-3-1-4-8-21/h1,3-4,7-12,24-26,32H,2,5-6,13-20H2,(H,29,34)(H,30,33)/t24-,25+,26+/m0/s1. The average Bonchev–Trinajstić information content (AvgIpc) is 2.90. The monoisotopic (exact) mass is 479 g/mol. The Morgan fingerprint density at radius 3 is 2.34 bits per heavy atom. The fourth-order valence-electron chi connectivity index (χ4n) is 4.96. The molecule has 188 valence electrons. The van der Waals surface area contributed by atoms with Crippen molar-refractivity contribution in [3.63, 3.8) is 0 Å². The van der Waals surface area contributed by atoms with Gasteiger partial charge in [-0.15, -0.1) is 0 Å². The molecule has 2 saturated heterocycles. The molecule has 2 heterocycles. The van der Waals surface area contributed by atoms with Crippen LogP contribution in [0.15, 0.2) is 54.6 Å². The summed E-state index contributed by atoms with van der Waals surface area (Å²) >= 11 is 0. The lowest BCUT2D eigenvalue weighted by Crippen LogP contribution is -2.51. The SMILES string of the molecule is O=C(C[C@@H]1CC[C@@H](NC(=O)CCN2CCCCC2)[C@@H](CO)O1)Nc1ccc(-c2ccccc2)cc1. The first-order valence-electron chi connectivity index (χ1n) is 12.8. The Morgan fingerprint density at radius 1 is 0.914 bits per heavy atom. The number of amides is 2. The summed E-state index contributed by atoms with van der Waals surface area (Å²) in [5.74, 6) is -0.124. The molecular formula is C28H37N3O4. The number of aliphatic hydroxyl groups excluding tert-OH is 1. The molecule has 0 spiro atoms. The van der Waals surface area contributed by atoms with Crippen molar-refractivity contribution in [2.45, 2.75) is 63.2 Å². The van der Waals surface area contributed by atoms with Crippen LogP contribution in [0.3, 0.4) is 0 Å². The van der Waals surface area contributed by atoms with Gasteiger partial charge in [0.15, 0.2) is 0 Å². The van der Waals surface area contributed by atoms with Gasteiger partial charge in [-0.05, 0) is 62.0 Å². The molecule has 0 aliphatic carbocycles. The van der Waals surface area contributed by atoms with E-state index in [-0.39, 0.29) is 37.0 Å². The summed E-state index contributed by atoms with van der Waals surface area (Å²) in [6.45, 7) is 2.73. The third kappa shape index (κ3) is 7.62. The number of nitrogens with zero attached hydrogens (tertiary/aromatic N) is 1. The van der Waals surface area contributed by atoms with Crippen molar-refractivity contribution in [3.8, 4) is 11.1 Å². The number of nitrogens with one attached hydrogen (secondary N) is 2. The Kier molecular flexibility index (Phi) is 9.28. The van der Waals surface area contributed by atoms with Gasteiger partial charge in [-0.1, -0.05) is 48.9 Å². The van der Waals surface area contributed by atoms with Gasteiger partial charge in [0.2, 0.25) is 11.8 Å². The second kappa shape index (κ2) is 12.8. The number of hydrogen-bond acceptors (Lipinski definition) is 5. The van der Waals surface area contributed by atoms with Crippen molar-refractivity contribution >= 4 is 17.5 Å². The van der Waals surface area contributed by atoms with Crippen molar-refractivity contribution in [2.24, 2.45) is 0 Å². The number of ether oxygens (including phenoxy) is 1. The van der Waals surface area contributed by atoms with Gasteiger partial charge in [-0.25, -0.2) is 0 Å². The highest BCUT2D eigenvalue weighted by atomic mass is 16.5. The zero-order valence-corrected chi connectivity index (χ0v) is 20.3. The van der Waals surface area contributed by atoms with E-state index >= 15 is 0 Å². The summed E-state index contributed by atoms with van der Waals surface area (Å²) in [5, 5.41) is 15.8. The molecule has 0 bridgehead atoms. The molecule has 2 fully saturated rings. The predicted molar refractivity (Wildman–Crippen MR) is 137 cm³/mol. The Hall–Kier alpha value is -2.74. The topological polar surface area (TPSA) is 90.9 Å². The molecule has 0 radical (unpaired) electrons. The lowest BCUT2D eigenvalue weighted by molar-refractivity contribution is -0.133. The number of rotatable bonds is 9. The third-order valence-corrected chi connectivity index (χ3v) is 6.93. The maximum atomic E-state index is 12.6. The van der Waals surface area contributed by atoms with Crippen molar-refractivity contribution in [2.75, 3.05) is 31.6 Å². The minimum absolute atomic E-state index is 0.00207. The molecular weight excluding hydrogens is 442 g/mol. The van der Waals surface area contributed by atoms with E-state index < -0.39 is 6.10 Å². The van der Waals surface area contributed by atoms with E-state index in [1.807, 2.05) is 42.5 Å². The van der Waals surface area contributed by atoms with E-state index in [2.05, 4.69) is 27.7 Å². The number of carbonyl (C=O) groups is 2. The number of aliphatic hydroxyl groups is 1. The van der Waals surface area contributed by atoms with Crippen LogP contribution >= 0.6 is 0 Å². The highest BCUT2D eigenvalue weighted by Gasteiger charge is 2.32. The average molecular weight is 480 g/mol. The molecule has 2 aliphatic rings. The number of hydrogen-bond donors (Lipinski definition) is 3. The first-order valence-corrected chi connectivity index (χ1v) is 12.8. The molecule has 2 amide bonds. The molecule has 2 aliphatic heterocycles. The Balaban J connectivity index is 1.20. The van der Waals surface area contributed by atoms with Crippen molar-refractivity contribution < 1.29 is 19.4 Å². The van der Waals surface area contributed by atoms with E-state index in [0.29, 0.717) is 19.3 Å². The van der Waals surface area contributed by atoms with Gasteiger partial charge < -0.3 is 25.4 Å². The van der Waals surface area contributed by atoms with Crippen LogP contribution in [0.5, 0.6) is 0 Å². The van der Waals surface area contributed by atoms with E-state index in [9.17, 15) is 14.7 Å². The van der Waals surface area contributed by atoms with E-state index in [4.69, 9.17) is 4.74 Å². The molecule has 0 unspecified atom stereocenters. The van der Waals surface area contributed by atoms with Crippen LogP contribution in [0.2, 0.25) is 0 Å². The number of anilines is 1. The van der Waals surface area contributed by atoms with Crippen LogP contribution in [0, 0.1) is 0 Å². The lowest BCUT2D eigenvalue weighted by Gasteiger charge is -2.36. The zero-order chi connectivity index (χ0) is 24.5. The lowest BCUT2D eigenvalue weighted by atomic mass is 9.96. The van der Waals surface area contributed by atoms with E-state index in [1.165, 1.54) is 19.3 Å². The molecule has 2 aromatic carbocycles. The predicted octanol–water partition coefficient (Wildman–Crippen LogP) is 3.58. The fourth-order valence-corrected chi connectivity index (χ4v) is 4.96. The van der Waals surface area contributed by atoms with Crippen molar-refractivity contribution in [3.05, 3.63) is 54.6 Å². The second-order valence-electron chi connectivity index (χ2n) is 9.58. The van der Waals surface area contributed by atoms with Crippen LogP contribution in [0.1, 0.15) is 44.9 Å². The molecule has 7 heteroatoms. The smallest absolute Gasteiger partial charge is 0.226 e. The van der Waals surface area contributed by atoms with Gasteiger partial charge in [0, 0.05) is 18.7 Å². The van der Waals surface area contributed by atoms with Gasteiger partial charge in [0.25, 0.3) is 0 Å². The third-order valence-electron chi connectivity index (χ3n) is 6.93. The van der Waals surface area contributed by atoms with Gasteiger partial charge in [0.1, 0.15) is 6.10 Å². The van der Waals surface area contributed by atoms with Crippen molar-refractivity contribution in [1.82, 2.24) is 10.2 Å². The maximum Gasteiger partial charge on any atom is 0.226 e. The minimum Gasteiger partial charge on any atom is -0.394 e. The van der Waals surface area contributed by atoms with Crippen LogP contribution < -0.4 is 10.6 Å². The van der Waals surface area contributed by atoms with Crippen LogP contribution in [0.4, 0.5) is 5.69 Å². The summed E-state index contributed by atoms with van der Waals surface area (Å²) in [4.78, 5) is 27.4. The quantitative estimate of drug-likeness (QED) is 0.511. The first-order chi connectivity index (χ1) is 17.1. The van der Waals surface area contributed by atoms with Crippen LogP contribution in [-0.4, -0.2) is 66.3 Å². The fraction of sp³-hybridized carbons (Fsp3) is 0.500. The maximum absolute atomic E-state index is 12.6. The molecule has 7 nitrogen and oxygen atoms in total. The first kappa shape index (κ1) is 25.4. The molecule has 35 heavy (non-hydrogen) atoms. The van der Waals surface area contributed by atoms with Gasteiger partial charge in [0.05, 0.1) is 25.2 Å². The summed E-state index contributed by atoms with van der Waals surface area (Å²) in [7, 11) is 0. The summed E-state index contributed by atoms with van der Waals surface area (Å²) in [5.41, 5.74) is 2.96. The molecule has 0 aromatic heterocycles. The van der Waals surface area contributed by atoms with E-state index in [0.717, 1.165) is 36.4 Å². The number of likely N-dealkylation sites (tertiary alicyclic amines) is 1. The highest BCUT2D eigenvalue weighted by molar-refractivity contribution is 5.91. The van der Waals surface area contributed by atoms with E-state index in [1.54, 1.807) is 0 Å². The van der Waals surface area contributed by atoms with Gasteiger partial charge in [-0.2, -0.15) is 0 Å². The molecule has 2 aromatic rings. The highest BCUT2D eigenvalue weighted by Crippen LogP contribution is 2.24. The number of carbonyl (C=O) groups excluding carboxylic acids is 2. The van der Waals surface area contributed by atoms with Crippen LogP contribution in [0.25, 0.3) is 11.1 Å². The van der Waals surface area contributed by atoms with Gasteiger partial charge in [-0.3, -0.25) is 9.59 Å².